The molecular weight excluding hydrogens is 404 g/mol. The van der Waals surface area contributed by atoms with E-state index in [1.54, 1.807) is 67.1 Å². The highest BCUT2D eigenvalue weighted by molar-refractivity contribution is 7.12. The normalized spacial score (nSPS) is 10.6. The molecule has 1 aromatic heterocycles. The number of ether oxygens (including phenoxy) is 4. The molecule has 0 aliphatic heterocycles. The SMILES string of the molecule is COc1ccc(C(=O)/C=C/c2ccc(OC(=O)c3cccs3)c(OC)c2)c(OC)c1. The second kappa shape index (κ2) is 9.76. The molecule has 0 radical (unpaired) electrons. The molecule has 1 heterocycles. The van der Waals surface area contributed by atoms with Crippen LogP contribution in [0, 0.1) is 0 Å². The first-order valence-electron chi connectivity index (χ1n) is 8.94. The summed E-state index contributed by atoms with van der Waals surface area (Å²) in [6.07, 6.45) is 3.09. The number of ketones is 1. The highest BCUT2D eigenvalue weighted by Crippen LogP contribution is 2.30. The second-order valence-electron chi connectivity index (χ2n) is 6.04. The minimum atomic E-state index is -0.451. The first-order chi connectivity index (χ1) is 14.5. The standard InChI is InChI=1S/C23H20O6S/c1-26-16-8-9-17(20(14-16)27-2)18(24)10-6-15-7-11-19(21(13-15)28-3)29-23(25)22-5-4-12-30-22/h4-14H,1-3H3/b10-6+. The van der Waals surface area contributed by atoms with Gasteiger partial charge in [-0.25, -0.2) is 4.79 Å². The lowest BCUT2D eigenvalue weighted by molar-refractivity contribution is 0.0734. The molecule has 0 saturated carbocycles. The molecule has 154 valence electrons. The molecule has 2 aromatic carbocycles. The Balaban J connectivity index is 1.77. The van der Waals surface area contributed by atoms with E-state index in [0.717, 1.165) is 0 Å². The third-order valence-corrected chi connectivity index (χ3v) is 5.06. The van der Waals surface area contributed by atoms with Crippen LogP contribution in [0.5, 0.6) is 23.0 Å². The maximum Gasteiger partial charge on any atom is 0.353 e. The van der Waals surface area contributed by atoms with E-state index in [-0.39, 0.29) is 5.78 Å². The number of methoxy groups -OCH3 is 3. The number of benzene rings is 2. The number of rotatable bonds is 8. The van der Waals surface area contributed by atoms with E-state index in [4.69, 9.17) is 18.9 Å². The molecule has 3 aromatic rings. The Morgan fingerprint density at radius 3 is 2.33 bits per heavy atom. The molecule has 0 amide bonds. The molecule has 30 heavy (non-hydrogen) atoms. The molecule has 0 saturated heterocycles. The Hall–Kier alpha value is -3.58. The summed E-state index contributed by atoms with van der Waals surface area (Å²) in [5.74, 6) is 1.05. The van der Waals surface area contributed by atoms with Gasteiger partial charge in [0.2, 0.25) is 0 Å². The minimum absolute atomic E-state index is 0.221. The molecule has 0 spiro atoms. The summed E-state index contributed by atoms with van der Waals surface area (Å²) in [7, 11) is 4.53. The molecule has 0 N–H and O–H groups in total. The topological polar surface area (TPSA) is 71.1 Å². The van der Waals surface area contributed by atoms with Crippen LogP contribution in [-0.2, 0) is 0 Å². The van der Waals surface area contributed by atoms with Crippen LogP contribution >= 0.6 is 11.3 Å². The zero-order valence-electron chi connectivity index (χ0n) is 16.7. The van der Waals surface area contributed by atoms with Crippen molar-refractivity contribution in [3.63, 3.8) is 0 Å². The van der Waals surface area contributed by atoms with Gasteiger partial charge in [-0.1, -0.05) is 18.2 Å². The summed E-state index contributed by atoms with van der Waals surface area (Å²) in [4.78, 5) is 25.2. The monoisotopic (exact) mass is 424 g/mol. The molecule has 0 aliphatic rings. The van der Waals surface area contributed by atoms with E-state index < -0.39 is 5.97 Å². The van der Waals surface area contributed by atoms with Gasteiger partial charge in [0.25, 0.3) is 0 Å². The summed E-state index contributed by atoms with van der Waals surface area (Å²) in [6.45, 7) is 0. The minimum Gasteiger partial charge on any atom is -0.497 e. The fourth-order valence-corrected chi connectivity index (χ4v) is 3.28. The molecule has 6 nitrogen and oxygen atoms in total. The van der Waals surface area contributed by atoms with Crippen LogP contribution in [0.1, 0.15) is 25.6 Å². The zero-order valence-corrected chi connectivity index (χ0v) is 17.5. The number of allylic oxidation sites excluding steroid dienone is 1. The van der Waals surface area contributed by atoms with Crippen LogP contribution in [0.3, 0.4) is 0 Å². The lowest BCUT2D eigenvalue weighted by atomic mass is 10.1. The van der Waals surface area contributed by atoms with Gasteiger partial charge in [-0.3, -0.25) is 4.79 Å². The van der Waals surface area contributed by atoms with Crippen molar-refractivity contribution in [3.8, 4) is 23.0 Å². The van der Waals surface area contributed by atoms with E-state index in [2.05, 4.69) is 0 Å². The molecule has 3 rings (SSSR count). The summed E-state index contributed by atoms with van der Waals surface area (Å²) in [5.41, 5.74) is 1.13. The largest absolute Gasteiger partial charge is 0.497 e. The van der Waals surface area contributed by atoms with E-state index in [9.17, 15) is 9.59 Å². The van der Waals surface area contributed by atoms with Gasteiger partial charge in [0.15, 0.2) is 17.3 Å². The molecule has 0 fully saturated rings. The van der Waals surface area contributed by atoms with Crippen LogP contribution in [0.15, 0.2) is 60.0 Å². The number of carbonyl (C=O) groups excluding carboxylic acids is 2. The van der Waals surface area contributed by atoms with Gasteiger partial charge in [0.05, 0.1) is 26.9 Å². The quantitative estimate of drug-likeness (QED) is 0.222. The number of carbonyl (C=O) groups is 2. The first-order valence-corrected chi connectivity index (χ1v) is 9.82. The fourth-order valence-electron chi connectivity index (χ4n) is 2.68. The smallest absolute Gasteiger partial charge is 0.353 e. The van der Waals surface area contributed by atoms with Crippen molar-refractivity contribution in [2.45, 2.75) is 0 Å². The van der Waals surface area contributed by atoms with Gasteiger partial charge in [-0.15, -0.1) is 11.3 Å². The summed E-state index contributed by atoms with van der Waals surface area (Å²) >= 11 is 1.30. The lowest BCUT2D eigenvalue weighted by Gasteiger charge is -2.09. The van der Waals surface area contributed by atoms with E-state index in [0.29, 0.717) is 39.0 Å². The summed E-state index contributed by atoms with van der Waals surface area (Å²) in [6, 6.07) is 13.5. The Bertz CT molecular complexity index is 1070. The Labute approximate surface area is 178 Å². The average molecular weight is 424 g/mol. The van der Waals surface area contributed by atoms with Gasteiger partial charge in [0, 0.05) is 6.07 Å². The zero-order chi connectivity index (χ0) is 21.5. The highest BCUT2D eigenvalue weighted by atomic mass is 32.1. The Morgan fingerprint density at radius 1 is 0.867 bits per heavy atom. The highest BCUT2D eigenvalue weighted by Gasteiger charge is 2.14. The van der Waals surface area contributed by atoms with Gasteiger partial charge in [0.1, 0.15) is 16.4 Å². The molecule has 7 heteroatoms. The predicted octanol–water partition coefficient (Wildman–Crippen LogP) is 4.89. The van der Waals surface area contributed by atoms with Crippen molar-refractivity contribution >= 4 is 29.2 Å². The Kier molecular flexibility index (Phi) is 6.87. The molecule has 0 aliphatic carbocycles. The van der Waals surface area contributed by atoms with Crippen molar-refractivity contribution in [2.75, 3.05) is 21.3 Å². The van der Waals surface area contributed by atoms with Crippen LogP contribution in [0.25, 0.3) is 6.08 Å². The molecular formula is C23H20O6S. The van der Waals surface area contributed by atoms with Crippen LogP contribution in [0.2, 0.25) is 0 Å². The van der Waals surface area contributed by atoms with E-state index >= 15 is 0 Å². The number of hydrogen-bond donors (Lipinski definition) is 0. The number of esters is 1. The van der Waals surface area contributed by atoms with E-state index in [1.165, 1.54) is 31.6 Å². The maximum absolute atomic E-state index is 12.6. The lowest BCUT2D eigenvalue weighted by Crippen LogP contribution is -2.07. The van der Waals surface area contributed by atoms with Crippen molar-refractivity contribution in [3.05, 3.63) is 76.0 Å². The molecule has 0 unspecified atom stereocenters. The van der Waals surface area contributed by atoms with Crippen molar-refractivity contribution < 1.29 is 28.5 Å². The van der Waals surface area contributed by atoms with Crippen LogP contribution in [0.4, 0.5) is 0 Å². The van der Waals surface area contributed by atoms with Crippen LogP contribution < -0.4 is 18.9 Å². The molecule has 0 bridgehead atoms. The van der Waals surface area contributed by atoms with Gasteiger partial charge in [-0.2, -0.15) is 0 Å². The second-order valence-corrected chi connectivity index (χ2v) is 6.99. The third kappa shape index (κ3) is 4.87. The van der Waals surface area contributed by atoms with Crippen molar-refractivity contribution in [1.29, 1.82) is 0 Å². The summed E-state index contributed by atoms with van der Waals surface area (Å²) in [5, 5.41) is 1.80. The Morgan fingerprint density at radius 2 is 1.67 bits per heavy atom. The molecule has 0 atom stereocenters. The van der Waals surface area contributed by atoms with Crippen molar-refractivity contribution in [2.24, 2.45) is 0 Å². The van der Waals surface area contributed by atoms with Crippen LogP contribution in [-0.4, -0.2) is 33.1 Å². The predicted molar refractivity (Wildman–Crippen MR) is 115 cm³/mol. The first kappa shape index (κ1) is 21.1. The van der Waals surface area contributed by atoms with Crippen molar-refractivity contribution in [1.82, 2.24) is 0 Å². The van der Waals surface area contributed by atoms with Gasteiger partial charge >= 0.3 is 5.97 Å². The number of thiophene rings is 1. The van der Waals surface area contributed by atoms with Gasteiger partial charge in [-0.05, 0) is 47.4 Å². The van der Waals surface area contributed by atoms with Gasteiger partial charge < -0.3 is 18.9 Å². The van der Waals surface area contributed by atoms with E-state index in [1.807, 2.05) is 0 Å². The fraction of sp³-hybridized carbons (Fsp3) is 0.130. The maximum atomic E-state index is 12.6. The average Bonchev–Trinajstić information content (AvgIpc) is 3.32. The third-order valence-electron chi connectivity index (χ3n) is 4.21. The summed E-state index contributed by atoms with van der Waals surface area (Å²) < 4.78 is 21.2. The number of hydrogen-bond acceptors (Lipinski definition) is 7.